The molecule has 1 atom stereocenters. The Labute approximate surface area is 102 Å². The Morgan fingerprint density at radius 2 is 2.00 bits per heavy atom. The van der Waals surface area contributed by atoms with Crippen LogP contribution in [0.25, 0.3) is 0 Å². The molecule has 1 aromatic carbocycles. The summed E-state index contributed by atoms with van der Waals surface area (Å²) in [7, 11) is 0. The molecule has 0 saturated heterocycles. The number of hydrogen-bond donors (Lipinski definition) is 3. The molecule has 0 aromatic heterocycles. The molecule has 0 aliphatic heterocycles. The van der Waals surface area contributed by atoms with Crippen molar-refractivity contribution in [3.8, 4) is 0 Å². The summed E-state index contributed by atoms with van der Waals surface area (Å²) in [4.78, 5) is 11.7. The number of aliphatic hydroxyl groups excluding tert-OH is 1. The van der Waals surface area contributed by atoms with Crippen LogP contribution in [0.1, 0.15) is 25.5 Å². The molecule has 1 unspecified atom stereocenters. The van der Waals surface area contributed by atoms with Crippen molar-refractivity contribution >= 4 is 5.91 Å². The van der Waals surface area contributed by atoms with Gasteiger partial charge in [0.05, 0.1) is 11.5 Å². The molecule has 1 amide bonds. The summed E-state index contributed by atoms with van der Waals surface area (Å²) in [5, 5.41) is 12.6. The van der Waals surface area contributed by atoms with E-state index in [1.165, 1.54) is 0 Å². The predicted molar refractivity (Wildman–Crippen MR) is 67.2 cm³/mol. The van der Waals surface area contributed by atoms with Crippen molar-refractivity contribution in [3.05, 3.63) is 35.9 Å². The fourth-order valence-corrected chi connectivity index (χ4v) is 1.31. The topological polar surface area (TPSA) is 75.4 Å². The van der Waals surface area contributed by atoms with Crippen LogP contribution in [0, 0.1) is 5.41 Å². The minimum Gasteiger partial charge on any atom is -0.387 e. The predicted octanol–water partition coefficient (Wildman–Crippen LogP) is 0.821. The van der Waals surface area contributed by atoms with Gasteiger partial charge < -0.3 is 16.2 Å². The molecule has 1 aromatic rings. The van der Waals surface area contributed by atoms with E-state index in [4.69, 9.17) is 5.73 Å². The van der Waals surface area contributed by atoms with E-state index in [9.17, 15) is 9.90 Å². The number of carbonyl (C=O) groups excluding carboxylic acids is 1. The summed E-state index contributed by atoms with van der Waals surface area (Å²) in [6, 6.07) is 9.23. The monoisotopic (exact) mass is 236 g/mol. The zero-order chi connectivity index (χ0) is 12.9. The molecule has 0 saturated carbocycles. The van der Waals surface area contributed by atoms with Gasteiger partial charge in [-0.1, -0.05) is 30.3 Å². The maximum atomic E-state index is 11.7. The van der Waals surface area contributed by atoms with Gasteiger partial charge in [0.2, 0.25) is 5.91 Å². The quantitative estimate of drug-likeness (QED) is 0.708. The minimum absolute atomic E-state index is 0.144. The first-order chi connectivity index (χ1) is 7.97. The first kappa shape index (κ1) is 13.7. The number of aliphatic hydroxyl groups is 1. The zero-order valence-electron chi connectivity index (χ0n) is 10.3. The molecule has 0 radical (unpaired) electrons. The molecule has 94 valence electrons. The fourth-order valence-electron chi connectivity index (χ4n) is 1.31. The van der Waals surface area contributed by atoms with Crippen molar-refractivity contribution in [1.82, 2.24) is 5.32 Å². The van der Waals surface area contributed by atoms with E-state index in [0.29, 0.717) is 0 Å². The molecular weight excluding hydrogens is 216 g/mol. The van der Waals surface area contributed by atoms with Gasteiger partial charge >= 0.3 is 0 Å². The molecule has 0 heterocycles. The lowest BCUT2D eigenvalue weighted by molar-refractivity contribution is -0.129. The highest BCUT2D eigenvalue weighted by Crippen LogP contribution is 2.14. The lowest BCUT2D eigenvalue weighted by Gasteiger charge is -2.22. The van der Waals surface area contributed by atoms with Gasteiger partial charge in [0, 0.05) is 13.1 Å². The summed E-state index contributed by atoms with van der Waals surface area (Å²) in [5.41, 5.74) is 5.69. The number of benzene rings is 1. The highest BCUT2D eigenvalue weighted by molar-refractivity contribution is 5.82. The van der Waals surface area contributed by atoms with Crippen LogP contribution >= 0.6 is 0 Å². The number of amides is 1. The average Bonchev–Trinajstić information content (AvgIpc) is 2.36. The van der Waals surface area contributed by atoms with Crippen LogP contribution in [-0.4, -0.2) is 24.1 Å². The van der Waals surface area contributed by atoms with E-state index >= 15 is 0 Å². The van der Waals surface area contributed by atoms with Crippen molar-refractivity contribution in [3.63, 3.8) is 0 Å². The molecule has 17 heavy (non-hydrogen) atoms. The molecule has 0 spiro atoms. The fraction of sp³-hybridized carbons (Fsp3) is 0.462. The van der Waals surface area contributed by atoms with Gasteiger partial charge in [-0.2, -0.15) is 0 Å². The van der Waals surface area contributed by atoms with Crippen molar-refractivity contribution in [2.45, 2.75) is 20.0 Å². The summed E-state index contributed by atoms with van der Waals surface area (Å²) in [6.45, 7) is 4.03. The van der Waals surface area contributed by atoms with E-state index in [1.807, 2.05) is 30.3 Å². The summed E-state index contributed by atoms with van der Waals surface area (Å²) < 4.78 is 0. The Balaban J connectivity index is 2.49. The Hall–Kier alpha value is -1.39. The number of nitrogens with one attached hydrogen (secondary N) is 1. The first-order valence-electron chi connectivity index (χ1n) is 5.69. The third-order valence-electron chi connectivity index (χ3n) is 2.77. The summed E-state index contributed by atoms with van der Waals surface area (Å²) in [6.07, 6.45) is -0.686. The van der Waals surface area contributed by atoms with Gasteiger partial charge in [0.1, 0.15) is 0 Å². The second-order valence-electron chi connectivity index (χ2n) is 4.72. The van der Waals surface area contributed by atoms with Gasteiger partial charge in [-0.3, -0.25) is 4.79 Å². The minimum atomic E-state index is -0.686. The largest absolute Gasteiger partial charge is 0.387 e. The first-order valence-corrected chi connectivity index (χ1v) is 5.69. The van der Waals surface area contributed by atoms with Crippen molar-refractivity contribution in [2.24, 2.45) is 11.1 Å². The van der Waals surface area contributed by atoms with E-state index in [2.05, 4.69) is 5.32 Å². The SMILES string of the molecule is CC(C)(CN)C(=O)NCC(O)c1ccccc1. The van der Waals surface area contributed by atoms with Crippen molar-refractivity contribution in [2.75, 3.05) is 13.1 Å². The molecular formula is C13H20N2O2. The molecule has 4 heteroatoms. The number of rotatable bonds is 5. The summed E-state index contributed by atoms with van der Waals surface area (Å²) >= 11 is 0. The Morgan fingerprint density at radius 3 is 2.53 bits per heavy atom. The van der Waals surface area contributed by atoms with E-state index < -0.39 is 11.5 Å². The molecule has 4 N–H and O–H groups in total. The van der Waals surface area contributed by atoms with Crippen LogP contribution in [-0.2, 0) is 4.79 Å². The van der Waals surface area contributed by atoms with Crippen LogP contribution in [0.3, 0.4) is 0 Å². The Morgan fingerprint density at radius 1 is 1.41 bits per heavy atom. The molecule has 1 rings (SSSR count). The van der Waals surface area contributed by atoms with Gasteiger partial charge in [-0.15, -0.1) is 0 Å². The van der Waals surface area contributed by atoms with E-state index in [-0.39, 0.29) is 19.0 Å². The van der Waals surface area contributed by atoms with Crippen molar-refractivity contribution < 1.29 is 9.90 Å². The number of carbonyl (C=O) groups is 1. The number of nitrogens with two attached hydrogens (primary N) is 1. The molecule has 0 aliphatic rings. The van der Waals surface area contributed by atoms with Gasteiger partial charge in [-0.25, -0.2) is 0 Å². The normalized spacial score (nSPS) is 13.2. The van der Waals surface area contributed by atoms with Gasteiger partial charge in [0.15, 0.2) is 0 Å². The highest BCUT2D eigenvalue weighted by atomic mass is 16.3. The van der Waals surface area contributed by atoms with Crippen LogP contribution in [0.2, 0.25) is 0 Å². The van der Waals surface area contributed by atoms with Crippen LogP contribution in [0.15, 0.2) is 30.3 Å². The zero-order valence-corrected chi connectivity index (χ0v) is 10.3. The smallest absolute Gasteiger partial charge is 0.227 e. The number of hydrogen-bond acceptors (Lipinski definition) is 3. The summed E-state index contributed by atoms with van der Waals surface area (Å²) in [5.74, 6) is -0.144. The van der Waals surface area contributed by atoms with E-state index in [1.54, 1.807) is 13.8 Å². The average molecular weight is 236 g/mol. The third kappa shape index (κ3) is 3.84. The van der Waals surface area contributed by atoms with Crippen LogP contribution in [0.5, 0.6) is 0 Å². The standard InChI is InChI=1S/C13H20N2O2/c1-13(2,9-14)12(17)15-8-11(16)10-6-4-3-5-7-10/h3-7,11,16H,8-9,14H2,1-2H3,(H,15,17). The Bertz CT molecular complexity index is 363. The second kappa shape index (κ2) is 5.80. The molecule has 0 bridgehead atoms. The van der Waals surface area contributed by atoms with Crippen LogP contribution in [0.4, 0.5) is 0 Å². The lowest BCUT2D eigenvalue weighted by Crippen LogP contribution is -2.43. The maximum Gasteiger partial charge on any atom is 0.227 e. The highest BCUT2D eigenvalue weighted by Gasteiger charge is 2.25. The Kier molecular flexibility index (Phi) is 4.66. The van der Waals surface area contributed by atoms with Crippen molar-refractivity contribution in [1.29, 1.82) is 0 Å². The third-order valence-corrected chi connectivity index (χ3v) is 2.77. The van der Waals surface area contributed by atoms with Gasteiger partial charge in [0.25, 0.3) is 0 Å². The molecule has 4 nitrogen and oxygen atoms in total. The van der Waals surface area contributed by atoms with Crippen LogP contribution < -0.4 is 11.1 Å². The molecule has 0 fully saturated rings. The maximum absolute atomic E-state index is 11.7. The molecule has 0 aliphatic carbocycles. The van der Waals surface area contributed by atoms with E-state index in [0.717, 1.165) is 5.56 Å². The van der Waals surface area contributed by atoms with Gasteiger partial charge in [-0.05, 0) is 19.4 Å². The second-order valence-corrected chi connectivity index (χ2v) is 4.72. The lowest BCUT2D eigenvalue weighted by atomic mass is 9.92.